The van der Waals surface area contributed by atoms with Gasteiger partial charge in [-0.1, -0.05) is 41.6 Å². The summed E-state index contributed by atoms with van der Waals surface area (Å²) in [6, 6.07) is 11.9. The molecule has 2 heterocycles. The van der Waals surface area contributed by atoms with Crippen LogP contribution >= 0.6 is 11.8 Å². The van der Waals surface area contributed by atoms with Crippen molar-refractivity contribution in [1.29, 1.82) is 0 Å². The van der Waals surface area contributed by atoms with Crippen molar-refractivity contribution in [3.05, 3.63) is 42.0 Å². The molecule has 0 N–H and O–H groups in total. The SMILES string of the molecule is CCOC(=O)N1CCN(C(=O)CSc2ccc(-c3ccc(C)cc3)nn2)CC1. The number of aryl methyl sites for hydroxylation is 1. The summed E-state index contributed by atoms with van der Waals surface area (Å²) in [6.45, 7) is 6.24. The third-order valence-electron chi connectivity index (χ3n) is 4.49. The molecule has 7 nitrogen and oxygen atoms in total. The van der Waals surface area contributed by atoms with Gasteiger partial charge in [-0.15, -0.1) is 10.2 Å². The largest absolute Gasteiger partial charge is 0.450 e. The van der Waals surface area contributed by atoms with Gasteiger partial charge in [0.15, 0.2) is 0 Å². The first-order valence-corrected chi connectivity index (χ1v) is 10.3. The first-order valence-electron chi connectivity index (χ1n) is 9.30. The summed E-state index contributed by atoms with van der Waals surface area (Å²) in [5.41, 5.74) is 3.03. The molecule has 0 radical (unpaired) electrons. The Hall–Kier alpha value is -2.61. The first-order chi connectivity index (χ1) is 13.6. The summed E-state index contributed by atoms with van der Waals surface area (Å²) < 4.78 is 4.99. The number of rotatable bonds is 5. The molecule has 1 fully saturated rings. The first kappa shape index (κ1) is 20.1. The van der Waals surface area contributed by atoms with Crippen molar-refractivity contribution in [2.24, 2.45) is 0 Å². The number of thioether (sulfide) groups is 1. The molecule has 0 atom stereocenters. The molecule has 0 aliphatic carbocycles. The number of ether oxygens (including phenoxy) is 1. The van der Waals surface area contributed by atoms with Crippen LogP contribution in [0.25, 0.3) is 11.3 Å². The second kappa shape index (κ2) is 9.54. The summed E-state index contributed by atoms with van der Waals surface area (Å²) in [6.07, 6.45) is -0.312. The van der Waals surface area contributed by atoms with Crippen molar-refractivity contribution < 1.29 is 14.3 Å². The highest BCUT2D eigenvalue weighted by atomic mass is 32.2. The van der Waals surface area contributed by atoms with Crippen LogP contribution in [0, 0.1) is 6.92 Å². The highest BCUT2D eigenvalue weighted by Gasteiger charge is 2.24. The number of hydrogen-bond acceptors (Lipinski definition) is 6. The van der Waals surface area contributed by atoms with Gasteiger partial charge in [-0.3, -0.25) is 4.79 Å². The number of piperazine rings is 1. The van der Waals surface area contributed by atoms with E-state index in [1.54, 1.807) is 16.7 Å². The quantitative estimate of drug-likeness (QED) is 0.719. The van der Waals surface area contributed by atoms with Gasteiger partial charge in [0.25, 0.3) is 0 Å². The molecule has 1 aromatic heterocycles. The summed E-state index contributed by atoms with van der Waals surface area (Å²) in [7, 11) is 0. The summed E-state index contributed by atoms with van der Waals surface area (Å²) in [5, 5.41) is 9.20. The molecule has 1 aliphatic rings. The normalized spacial score (nSPS) is 14.1. The minimum Gasteiger partial charge on any atom is -0.450 e. The van der Waals surface area contributed by atoms with E-state index < -0.39 is 0 Å². The van der Waals surface area contributed by atoms with E-state index in [9.17, 15) is 9.59 Å². The van der Waals surface area contributed by atoms with Crippen LogP contribution in [0.15, 0.2) is 41.4 Å². The zero-order valence-corrected chi connectivity index (χ0v) is 16.9. The Morgan fingerprint density at radius 2 is 1.68 bits per heavy atom. The lowest BCUT2D eigenvalue weighted by atomic mass is 10.1. The van der Waals surface area contributed by atoms with Crippen LogP contribution in [0.5, 0.6) is 0 Å². The molecule has 28 heavy (non-hydrogen) atoms. The van der Waals surface area contributed by atoms with Gasteiger partial charge in [0.1, 0.15) is 5.03 Å². The second-order valence-electron chi connectivity index (χ2n) is 6.48. The van der Waals surface area contributed by atoms with Crippen molar-refractivity contribution >= 4 is 23.8 Å². The number of amides is 2. The van der Waals surface area contributed by atoms with Gasteiger partial charge < -0.3 is 14.5 Å². The molecule has 1 saturated heterocycles. The van der Waals surface area contributed by atoms with Gasteiger partial charge in [0.2, 0.25) is 5.91 Å². The Kier molecular flexibility index (Phi) is 6.86. The molecule has 1 aliphatic heterocycles. The maximum atomic E-state index is 12.4. The number of carbonyl (C=O) groups is 2. The van der Waals surface area contributed by atoms with Gasteiger partial charge in [0.05, 0.1) is 18.1 Å². The van der Waals surface area contributed by atoms with Crippen LogP contribution in [0.4, 0.5) is 4.79 Å². The van der Waals surface area contributed by atoms with Crippen molar-refractivity contribution in [2.75, 3.05) is 38.5 Å². The summed E-state index contributed by atoms with van der Waals surface area (Å²) in [4.78, 5) is 27.5. The molecule has 1 aromatic carbocycles. The smallest absolute Gasteiger partial charge is 0.409 e. The minimum absolute atomic E-state index is 0.0397. The Morgan fingerprint density at radius 1 is 1.00 bits per heavy atom. The van der Waals surface area contributed by atoms with E-state index in [2.05, 4.69) is 10.2 Å². The Balaban J connectivity index is 1.47. The van der Waals surface area contributed by atoms with Gasteiger partial charge in [-0.2, -0.15) is 0 Å². The fourth-order valence-electron chi connectivity index (χ4n) is 2.86. The molecule has 0 saturated carbocycles. The van der Waals surface area contributed by atoms with E-state index >= 15 is 0 Å². The molecule has 0 unspecified atom stereocenters. The maximum absolute atomic E-state index is 12.4. The number of hydrogen-bond donors (Lipinski definition) is 0. The molecule has 3 rings (SSSR count). The molecular formula is C20H24N4O3S. The molecule has 2 aromatic rings. The monoisotopic (exact) mass is 400 g/mol. The molecule has 148 valence electrons. The molecule has 8 heteroatoms. The van der Waals surface area contributed by atoms with Crippen LogP contribution in [-0.2, 0) is 9.53 Å². The predicted octanol–water partition coefficient (Wildman–Crippen LogP) is 2.84. The van der Waals surface area contributed by atoms with Crippen molar-refractivity contribution in [3.8, 4) is 11.3 Å². The second-order valence-corrected chi connectivity index (χ2v) is 7.47. The van der Waals surface area contributed by atoms with Crippen LogP contribution in [-0.4, -0.2) is 70.5 Å². The lowest BCUT2D eigenvalue weighted by molar-refractivity contribution is -0.129. The molecular weight excluding hydrogens is 376 g/mol. The number of benzene rings is 1. The van der Waals surface area contributed by atoms with E-state index in [0.717, 1.165) is 16.3 Å². The van der Waals surface area contributed by atoms with E-state index in [-0.39, 0.29) is 12.0 Å². The van der Waals surface area contributed by atoms with Crippen LogP contribution in [0.1, 0.15) is 12.5 Å². The topological polar surface area (TPSA) is 75.6 Å². The minimum atomic E-state index is -0.312. The number of carbonyl (C=O) groups excluding carboxylic acids is 2. The van der Waals surface area contributed by atoms with E-state index in [1.165, 1.54) is 17.3 Å². The van der Waals surface area contributed by atoms with Gasteiger partial charge in [-0.05, 0) is 26.0 Å². The lowest BCUT2D eigenvalue weighted by Gasteiger charge is -2.34. The van der Waals surface area contributed by atoms with Crippen molar-refractivity contribution in [3.63, 3.8) is 0 Å². The summed E-state index contributed by atoms with van der Waals surface area (Å²) >= 11 is 1.37. The predicted molar refractivity (Wildman–Crippen MR) is 108 cm³/mol. The van der Waals surface area contributed by atoms with Crippen molar-refractivity contribution in [1.82, 2.24) is 20.0 Å². The van der Waals surface area contributed by atoms with Crippen LogP contribution in [0.3, 0.4) is 0 Å². The van der Waals surface area contributed by atoms with Gasteiger partial charge in [-0.25, -0.2) is 4.79 Å². The third kappa shape index (κ3) is 5.22. The summed E-state index contributed by atoms with van der Waals surface area (Å²) in [5.74, 6) is 0.343. The Morgan fingerprint density at radius 3 is 2.29 bits per heavy atom. The highest BCUT2D eigenvalue weighted by molar-refractivity contribution is 7.99. The van der Waals surface area contributed by atoms with E-state index in [4.69, 9.17) is 4.74 Å². The van der Waals surface area contributed by atoms with Gasteiger partial charge in [0, 0.05) is 31.7 Å². The fraction of sp³-hybridized carbons (Fsp3) is 0.400. The maximum Gasteiger partial charge on any atom is 0.409 e. The van der Waals surface area contributed by atoms with E-state index in [1.807, 2.05) is 43.3 Å². The standard InChI is InChI=1S/C20H24N4O3S/c1-3-27-20(26)24-12-10-23(11-13-24)19(25)14-28-18-9-8-17(21-22-18)16-6-4-15(2)5-7-16/h4-9H,3,10-14H2,1-2H3. The zero-order chi connectivity index (χ0) is 19.9. The zero-order valence-electron chi connectivity index (χ0n) is 16.1. The molecule has 0 bridgehead atoms. The molecule has 2 amide bonds. The van der Waals surface area contributed by atoms with Crippen LogP contribution in [0.2, 0.25) is 0 Å². The van der Waals surface area contributed by atoms with Gasteiger partial charge >= 0.3 is 6.09 Å². The number of aromatic nitrogens is 2. The third-order valence-corrected chi connectivity index (χ3v) is 5.39. The molecule has 0 spiro atoms. The average Bonchev–Trinajstić information content (AvgIpc) is 2.73. The van der Waals surface area contributed by atoms with E-state index in [0.29, 0.717) is 38.5 Å². The highest BCUT2D eigenvalue weighted by Crippen LogP contribution is 2.20. The average molecular weight is 401 g/mol. The number of nitrogens with zero attached hydrogens (tertiary/aromatic N) is 4. The van der Waals surface area contributed by atoms with Crippen LogP contribution < -0.4 is 0 Å². The Labute approximate surface area is 169 Å². The fourth-order valence-corrected chi connectivity index (χ4v) is 3.57. The lowest BCUT2D eigenvalue weighted by Crippen LogP contribution is -2.51. The van der Waals surface area contributed by atoms with Crippen molar-refractivity contribution in [2.45, 2.75) is 18.9 Å². The Bertz CT molecular complexity index is 803.